The van der Waals surface area contributed by atoms with Crippen molar-refractivity contribution in [1.29, 1.82) is 0 Å². The molecule has 0 aliphatic rings. The molecule has 2 aromatic carbocycles. The van der Waals surface area contributed by atoms with Crippen molar-refractivity contribution >= 4 is 5.97 Å². The van der Waals surface area contributed by atoms with E-state index in [2.05, 4.69) is 13.2 Å². The van der Waals surface area contributed by atoms with E-state index in [0.29, 0.717) is 12.4 Å². The summed E-state index contributed by atoms with van der Waals surface area (Å²) in [6.45, 7) is 7.73. The van der Waals surface area contributed by atoms with Crippen molar-refractivity contribution in [2.45, 2.75) is 0 Å². The quantitative estimate of drug-likeness (QED) is 0.254. The Hall–Kier alpha value is -2.65. The highest BCUT2D eigenvalue weighted by molar-refractivity contribution is 5.91. The van der Waals surface area contributed by atoms with Gasteiger partial charge in [-0.05, 0) is 11.6 Å². The molecule has 2 aromatic rings. The lowest BCUT2D eigenvalue weighted by Crippen LogP contribution is -2.15. The van der Waals surface area contributed by atoms with E-state index < -0.39 is 5.97 Å². The maximum atomic E-state index is 12.1. The summed E-state index contributed by atoms with van der Waals surface area (Å²) in [5, 5.41) is 0. The third kappa shape index (κ3) is 4.17. The van der Waals surface area contributed by atoms with Gasteiger partial charge in [0.2, 0.25) is 0 Å². The van der Waals surface area contributed by atoms with Gasteiger partial charge in [0, 0.05) is 5.56 Å². The van der Waals surface area contributed by atoms with Crippen LogP contribution in [0.1, 0.15) is 0 Å². The molecule has 0 atom stereocenters. The van der Waals surface area contributed by atoms with Gasteiger partial charge < -0.3 is 9.47 Å². The van der Waals surface area contributed by atoms with E-state index in [9.17, 15) is 4.79 Å². The van der Waals surface area contributed by atoms with Crippen molar-refractivity contribution in [1.82, 2.24) is 0 Å². The number of carbonyl (C=O) groups excluding carboxylic acids is 1. The zero-order valence-corrected chi connectivity index (χ0v) is 12.3. The molecular formula is C19H18O3. The van der Waals surface area contributed by atoms with Crippen LogP contribution in [0.25, 0.3) is 11.1 Å². The Morgan fingerprint density at radius 2 is 1.73 bits per heavy atom. The van der Waals surface area contributed by atoms with Gasteiger partial charge in [-0.25, -0.2) is 4.79 Å². The van der Waals surface area contributed by atoms with Gasteiger partial charge >= 0.3 is 5.97 Å². The van der Waals surface area contributed by atoms with Crippen molar-refractivity contribution < 1.29 is 14.3 Å². The molecule has 0 aromatic heterocycles. The summed E-state index contributed by atoms with van der Waals surface area (Å²) < 4.78 is 10.6. The molecule has 3 heteroatoms. The van der Waals surface area contributed by atoms with Crippen LogP contribution in [0.3, 0.4) is 0 Å². The fourth-order valence-corrected chi connectivity index (χ4v) is 1.91. The Labute approximate surface area is 130 Å². The van der Waals surface area contributed by atoms with Crippen molar-refractivity contribution in [2.24, 2.45) is 0 Å². The number of hydrogen-bond donors (Lipinski definition) is 0. The lowest BCUT2D eigenvalue weighted by atomic mass is 10.1. The molecule has 0 unspecified atom stereocenters. The summed E-state index contributed by atoms with van der Waals surface area (Å²) in [6, 6.07) is 17.2. The molecule has 0 aliphatic carbocycles. The second-order valence-corrected chi connectivity index (χ2v) is 4.66. The van der Waals surface area contributed by atoms with Gasteiger partial charge in [0.15, 0.2) is 0 Å². The Morgan fingerprint density at radius 3 is 2.45 bits per heavy atom. The van der Waals surface area contributed by atoms with E-state index in [1.165, 1.54) is 0 Å². The summed E-state index contributed by atoms with van der Waals surface area (Å²) in [7, 11) is 0. The fourth-order valence-electron chi connectivity index (χ4n) is 1.91. The second-order valence-electron chi connectivity index (χ2n) is 4.66. The van der Waals surface area contributed by atoms with E-state index in [1.54, 1.807) is 12.1 Å². The summed E-state index contributed by atoms with van der Waals surface area (Å²) in [5.74, 6) is 0.0102. The molecule has 0 amide bonds. The number of ether oxygens (including phenoxy) is 2. The summed E-state index contributed by atoms with van der Waals surface area (Å²) >= 11 is 0. The minimum Gasteiger partial charge on any atom is -0.422 e. The van der Waals surface area contributed by atoms with E-state index in [-0.39, 0.29) is 12.2 Å². The highest BCUT2D eigenvalue weighted by Gasteiger charge is 2.13. The SMILES string of the molecule is C=CCOCC(=C)C(=O)Oc1ccccc1-c1ccccc1. The largest absolute Gasteiger partial charge is 0.422 e. The second kappa shape index (κ2) is 7.96. The molecular weight excluding hydrogens is 276 g/mol. The average molecular weight is 294 g/mol. The van der Waals surface area contributed by atoms with Crippen LogP contribution in [0, 0.1) is 0 Å². The third-order valence-corrected chi connectivity index (χ3v) is 2.98. The molecule has 112 valence electrons. The Bertz CT molecular complexity index is 659. The summed E-state index contributed by atoms with van der Waals surface area (Å²) in [5.41, 5.74) is 2.11. The molecule has 0 heterocycles. The molecule has 2 rings (SSSR count). The molecule has 0 fully saturated rings. The Balaban J connectivity index is 2.12. The van der Waals surface area contributed by atoms with Crippen LogP contribution >= 0.6 is 0 Å². The summed E-state index contributed by atoms with van der Waals surface area (Å²) in [4.78, 5) is 12.1. The number of para-hydroxylation sites is 1. The zero-order chi connectivity index (χ0) is 15.8. The maximum absolute atomic E-state index is 12.1. The first-order valence-electron chi connectivity index (χ1n) is 6.95. The van der Waals surface area contributed by atoms with Crippen LogP contribution in [0.15, 0.2) is 79.4 Å². The van der Waals surface area contributed by atoms with Crippen LogP contribution in [0.2, 0.25) is 0 Å². The van der Waals surface area contributed by atoms with Crippen LogP contribution in [0.5, 0.6) is 5.75 Å². The van der Waals surface area contributed by atoms with Crippen LogP contribution < -0.4 is 4.74 Å². The topological polar surface area (TPSA) is 35.5 Å². The van der Waals surface area contributed by atoms with E-state index in [4.69, 9.17) is 9.47 Å². The highest BCUT2D eigenvalue weighted by atomic mass is 16.5. The van der Waals surface area contributed by atoms with E-state index in [1.807, 2.05) is 48.5 Å². The Kier molecular flexibility index (Phi) is 5.69. The number of rotatable bonds is 7. The van der Waals surface area contributed by atoms with Gasteiger partial charge in [-0.2, -0.15) is 0 Å². The van der Waals surface area contributed by atoms with Gasteiger partial charge in [-0.3, -0.25) is 0 Å². The smallest absolute Gasteiger partial charge is 0.341 e. The molecule has 0 saturated heterocycles. The number of benzene rings is 2. The minimum atomic E-state index is -0.493. The van der Waals surface area contributed by atoms with Crippen molar-refractivity contribution in [3.63, 3.8) is 0 Å². The zero-order valence-electron chi connectivity index (χ0n) is 12.3. The fraction of sp³-hybridized carbons (Fsp3) is 0.105. The third-order valence-electron chi connectivity index (χ3n) is 2.98. The van der Waals surface area contributed by atoms with Crippen molar-refractivity contribution in [3.8, 4) is 16.9 Å². The number of hydrogen-bond acceptors (Lipinski definition) is 3. The number of carbonyl (C=O) groups is 1. The minimum absolute atomic E-state index is 0.123. The predicted octanol–water partition coefficient (Wildman–Crippen LogP) is 4.02. The molecule has 0 saturated carbocycles. The van der Waals surface area contributed by atoms with Gasteiger partial charge in [0.25, 0.3) is 0 Å². The average Bonchev–Trinajstić information content (AvgIpc) is 2.56. The molecule has 0 bridgehead atoms. The Morgan fingerprint density at radius 1 is 1.05 bits per heavy atom. The first-order chi connectivity index (χ1) is 10.7. The van der Waals surface area contributed by atoms with Crippen LogP contribution in [-0.4, -0.2) is 19.2 Å². The first-order valence-corrected chi connectivity index (χ1v) is 6.95. The lowest BCUT2D eigenvalue weighted by Gasteiger charge is -2.11. The molecule has 22 heavy (non-hydrogen) atoms. The number of esters is 1. The van der Waals surface area contributed by atoms with Crippen molar-refractivity contribution in [3.05, 3.63) is 79.4 Å². The van der Waals surface area contributed by atoms with Crippen LogP contribution in [-0.2, 0) is 9.53 Å². The highest BCUT2D eigenvalue weighted by Crippen LogP contribution is 2.29. The van der Waals surface area contributed by atoms with E-state index >= 15 is 0 Å². The first kappa shape index (κ1) is 15.7. The standard InChI is InChI=1S/C19H18O3/c1-3-13-21-14-15(2)19(20)22-18-12-8-7-11-17(18)16-9-5-4-6-10-16/h3-12H,1-2,13-14H2. The van der Waals surface area contributed by atoms with Gasteiger partial charge in [-0.1, -0.05) is 61.2 Å². The normalized spacial score (nSPS) is 10.0. The lowest BCUT2D eigenvalue weighted by molar-refractivity contribution is -0.130. The monoisotopic (exact) mass is 294 g/mol. The molecule has 0 aliphatic heterocycles. The molecule has 0 radical (unpaired) electrons. The van der Waals surface area contributed by atoms with Gasteiger partial charge in [-0.15, -0.1) is 6.58 Å². The molecule has 0 spiro atoms. The molecule has 0 N–H and O–H groups in total. The summed E-state index contributed by atoms with van der Waals surface area (Å²) in [6.07, 6.45) is 1.61. The molecule has 3 nitrogen and oxygen atoms in total. The maximum Gasteiger partial charge on any atom is 0.341 e. The van der Waals surface area contributed by atoms with Gasteiger partial charge in [0.1, 0.15) is 5.75 Å². The van der Waals surface area contributed by atoms with E-state index in [0.717, 1.165) is 11.1 Å². The van der Waals surface area contributed by atoms with Gasteiger partial charge in [0.05, 0.1) is 18.8 Å². The van der Waals surface area contributed by atoms with Crippen LogP contribution in [0.4, 0.5) is 0 Å². The van der Waals surface area contributed by atoms with Crippen molar-refractivity contribution in [2.75, 3.05) is 13.2 Å². The predicted molar refractivity (Wildman–Crippen MR) is 87.7 cm³/mol.